The summed E-state index contributed by atoms with van der Waals surface area (Å²) in [5.41, 5.74) is 0. The average molecular weight is 357 g/mol. The summed E-state index contributed by atoms with van der Waals surface area (Å²) in [6.45, 7) is 3.85. The maximum absolute atomic E-state index is 12.5. The SMILES string of the molecule is CC1(CNC(=O)C2(S(C)(=O)=O)CCNCC2)CCCS1.Cl. The average Bonchev–Trinajstić information content (AvgIpc) is 2.83. The zero-order valence-electron chi connectivity index (χ0n) is 12.6. The van der Waals surface area contributed by atoms with Gasteiger partial charge in [0.05, 0.1) is 0 Å². The Kier molecular flexibility index (Phi) is 6.41. The molecule has 2 fully saturated rings. The Labute approximate surface area is 137 Å². The lowest BCUT2D eigenvalue weighted by Crippen LogP contribution is -2.58. The second kappa shape index (κ2) is 7.06. The highest BCUT2D eigenvalue weighted by atomic mass is 35.5. The van der Waals surface area contributed by atoms with Crippen molar-refractivity contribution in [1.82, 2.24) is 10.6 Å². The van der Waals surface area contributed by atoms with Gasteiger partial charge in [0.2, 0.25) is 5.91 Å². The number of thioether (sulfide) groups is 1. The third-order valence-electron chi connectivity index (χ3n) is 4.46. The first kappa shape index (κ1) is 19.1. The number of nitrogens with one attached hydrogen (secondary N) is 2. The van der Waals surface area contributed by atoms with Crippen LogP contribution in [0.1, 0.15) is 32.6 Å². The first-order valence-corrected chi connectivity index (χ1v) is 9.99. The van der Waals surface area contributed by atoms with Crippen LogP contribution in [-0.4, -0.2) is 55.5 Å². The lowest BCUT2D eigenvalue weighted by atomic mass is 9.95. The highest BCUT2D eigenvalue weighted by Gasteiger charge is 2.49. The van der Waals surface area contributed by atoms with E-state index in [4.69, 9.17) is 0 Å². The monoisotopic (exact) mass is 356 g/mol. The summed E-state index contributed by atoms with van der Waals surface area (Å²) in [7, 11) is -3.41. The van der Waals surface area contributed by atoms with Gasteiger partial charge in [-0.15, -0.1) is 12.4 Å². The van der Waals surface area contributed by atoms with E-state index in [9.17, 15) is 13.2 Å². The van der Waals surface area contributed by atoms with Crippen molar-refractivity contribution in [3.05, 3.63) is 0 Å². The highest BCUT2D eigenvalue weighted by molar-refractivity contribution is 8.00. The van der Waals surface area contributed by atoms with Crippen molar-refractivity contribution in [2.45, 2.75) is 42.1 Å². The van der Waals surface area contributed by atoms with Crippen molar-refractivity contribution in [2.75, 3.05) is 31.6 Å². The molecule has 2 aliphatic heterocycles. The van der Waals surface area contributed by atoms with Crippen LogP contribution in [0.25, 0.3) is 0 Å². The molecule has 0 aromatic heterocycles. The fraction of sp³-hybridized carbons (Fsp3) is 0.923. The molecule has 2 saturated heterocycles. The maximum Gasteiger partial charge on any atom is 0.241 e. The van der Waals surface area contributed by atoms with Gasteiger partial charge in [-0.1, -0.05) is 0 Å². The van der Waals surface area contributed by atoms with E-state index in [2.05, 4.69) is 17.6 Å². The van der Waals surface area contributed by atoms with Gasteiger partial charge in [-0.25, -0.2) is 8.42 Å². The fourth-order valence-electron chi connectivity index (χ4n) is 3.00. The van der Waals surface area contributed by atoms with E-state index in [0.29, 0.717) is 32.5 Å². The largest absolute Gasteiger partial charge is 0.353 e. The van der Waals surface area contributed by atoms with Crippen molar-refractivity contribution in [2.24, 2.45) is 0 Å². The Morgan fingerprint density at radius 2 is 1.90 bits per heavy atom. The molecule has 124 valence electrons. The number of carbonyl (C=O) groups is 1. The number of hydrogen-bond acceptors (Lipinski definition) is 5. The quantitative estimate of drug-likeness (QED) is 0.785. The number of piperidine rings is 1. The number of carbonyl (C=O) groups excluding carboxylic acids is 1. The van der Waals surface area contributed by atoms with Crippen molar-refractivity contribution < 1.29 is 13.2 Å². The van der Waals surface area contributed by atoms with E-state index in [1.165, 1.54) is 6.26 Å². The molecule has 0 aromatic rings. The predicted octanol–water partition coefficient (Wildman–Crippen LogP) is 0.977. The minimum Gasteiger partial charge on any atom is -0.353 e. The molecule has 0 aliphatic carbocycles. The Morgan fingerprint density at radius 1 is 1.29 bits per heavy atom. The molecule has 1 atom stereocenters. The Bertz CT molecular complexity index is 470. The van der Waals surface area contributed by atoms with Gasteiger partial charge in [-0.2, -0.15) is 11.8 Å². The number of sulfone groups is 1. The number of halogens is 1. The van der Waals surface area contributed by atoms with Crippen LogP contribution in [0.15, 0.2) is 0 Å². The van der Waals surface area contributed by atoms with Crippen molar-refractivity contribution in [1.29, 1.82) is 0 Å². The van der Waals surface area contributed by atoms with Crippen molar-refractivity contribution in [3.8, 4) is 0 Å². The third kappa shape index (κ3) is 4.06. The maximum atomic E-state index is 12.5. The summed E-state index contributed by atoms with van der Waals surface area (Å²) < 4.78 is 23.1. The molecule has 5 nitrogen and oxygen atoms in total. The van der Waals surface area contributed by atoms with Gasteiger partial charge < -0.3 is 10.6 Å². The van der Waals surface area contributed by atoms with Gasteiger partial charge >= 0.3 is 0 Å². The Balaban J connectivity index is 0.00000220. The van der Waals surface area contributed by atoms with Crippen LogP contribution < -0.4 is 10.6 Å². The first-order chi connectivity index (χ1) is 9.29. The predicted molar refractivity (Wildman–Crippen MR) is 90.0 cm³/mol. The summed E-state index contributed by atoms with van der Waals surface area (Å²) in [4.78, 5) is 12.5. The number of hydrogen-bond donors (Lipinski definition) is 2. The summed E-state index contributed by atoms with van der Waals surface area (Å²) in [6, 6.07) is 0. The van der Waals surface area contributed by atoms with Crippen LogP contribution >= 0.6 is 24.2 Å². The summed E-state index contributed by atoms with van der Waals surface area (Å²) in [6.07, 6.45) is 4.15. The highest BCUT2D eigenvalue weighted by Crippen LogP contribution is 2.37. The summed E-state index contributed by atoms with van der Waals surface area (Å²) in [5.74, 6) is 0.809. The topological polar surface area (TPSA) is 75.3 Å². The van der Waals surface area contributed by atoms with Gasteiger partial charge in [0.25, 0.3) is 0 Å². The van der Waals surface area contributed by atoms with Crippen LogP contribution in [0.2, 0.25) is 0 Å². The van der Waals surface area contributed by atoms with E-state index >= 15 is 0 Å². The molecule has 0 saturated carbocycles. The molecular weight excluding hydrogens is 332 g/mol. The van der Waals surface area contributed by atoms with E-state index in [1.54, 1.807) is 0 Å². The minimum atomic E-state index is -3.41. The molecule has 1 amide bonds. The molecule has 2 heterocycles. The van der Waals surface area contributed by atoms with Gasteiger partial charge in [-0.3, -0.25) is 4.79 Å². The zero-order chi connectivity index (χ0) is 14.9. The molecule has 0 radical (unpaired) electrons. The summed E-state index contributed by atoms with van der Waals surface area (Å²) in [5, 5.41) is 6.04. The second-order valence-corrected chi connectivity index (χ2v) is 10.1. The van der Waals surface area contributed by atoms with Crippen LogP contribution in [-0.2, 0) is 14.6 Å². The normalized spacial score (nSPS) is 28.7. The van der Waals surface area contributed by atoms with E-state index in [-0.39, 0.29) is 23.1 Å². The molecule has 2 N–H and O–H groups in total. The molecule has 2 rings (SSSR count). The molecule has 0 aromatic carbocycles. The van der Waals surface area contributed by atoms with Crippen molar-refractivity contribution in [3.63, 3.8) is 0 Å². The third-order valence-corrected chi connectivity index (χ3v) is 8.01. The first-order valence-electron chi connectivity index (χ1n) is 7.12. The standard InChI is InChI=1S/C13H24N2O3S2.ClH/c1-12(4-3-9-19-12)10-15-11(16)13(20(2,17)18)5-7-14-8-6-13;/h14H,3-10H2,1-2H3,(H,15,16);1H. The molecule has 0 spiro atoms. The van der Waals surface area contributed by atoms with E-state index in [1.807, 2.05) is 11.8 Å². The van der Waals surface area contributed by atoms with Crippen LogP contribution in [0.4, 0.5) is 0 Å². The summed E-state index contributed by atoms with van der Waals surface area (Å²) >= 11 is 1.86. The van der Waals surface area contributed by atoms with Crippen LogP contribution in [0.5, 0.6) is 0 Å². The van der Waals surface area contributed by atoms with E-state index in [0.717, 1.165) is 18.6 Å². The van der Waals surface area contributed by atoms with Gasteiger partial charge in [0.15, 0.2) is 14.6 Å². The molecule has 2 aliphatic rings. The molecule has 1 unspecified atom stereocenters. The number of rotatable bonds is 4. The van der Waals surface area contributed by atoms with Crippen molar-refractivity contribution >= 4 is 39.9 Å². The van der Waals surface area contributed by atoms with Crippen LogP contribution in [0, 0.1) is 0 Å². The van der Waals surface area contributed by atoms with Gasteiger partial charge in [0, 0.05) is 17.5 Å². The lowest BCUT2D eigenvalue weighted by molar-refractivity contribution is -0.124. The second-order valence-electron chi connectivity index (χ2n) is 6.10. The fourth-order valence-corrected chi connectivity index (χ4v) is 5.60. The molecule has 21 heavy (non-hydrogen) atoms. The van der Waals surface area contributed by atoms with Crippen LogP contribution in [0.3, 0.4) is 0 Å². The van der Waals surface area contributed by atoms with E-state index < -0.39 is 14.6 Å². The lowest BCUT2D eigenvalue weighted by Gasteiger charge is -2.35. The molecule has 8 heteroatoms. The molecule has 0 bridgehead atoms. The smallest absolute Gasteiger partial charge is 0.241 e. The van der Waals surface area contributed by atoms with Gasteiger partial charge in [-0.05, 0) is 51.4 Å². The number of amides is 1. The van der Waals surface area contributed by atoms with Gasteiger partial charge in [0.1, 0.15) is 0 Å². The zero-order valence-corrected chi connectivity index (χ0v) is 15.1. The minimum absolute atomic E-state index is 0. The Hall–Kier alpha value is 0.0200. The molecular formula is C13H25ClN2O3S2. The Morgan fingerprint density at radius 3 is 2.38 bits per heavy atom.